The lowest BCUT2D eigenvalue weighted by Crippen LogP contribution is -2.34. The average Bonchev–Trinajstić information content (AvgIpc) is 2.38. The van der Waals surface area contributed by atoms with E-state index in [9.17, 15) is 9.59 Å². The summed E-state index contributed by atoms with van der Waals surface area (Å²) < 4.78 is 5.34. The lowest BCUT2D eigenvalue weighted by molar-refractivity contribution is -0.132. The number of carbonyl (C=O) groups is 2. The standard InChI is InChI=1S/C13H16ClNO3/c1-3-15(4-2)13(17)9-18-11-6-5-10(8-16)12(14)7-11/h5-8H,3-4,9H2,1-2H3. The predicted molar refractivity (Wildman–Crippen MR) is 70.3 cm³/mol. The van der Waals surface area contributed by atoms with Crippen LogP contribution in [0.25, 0.3) is 0 Å². The summed E-state index contributed by atoms with van der Waals surface area (Å²) in [7, 11) is 0. The van der Waals surface area contributed by atoms with Gasteiger partial charge in [0.1, 0.15) is 5.75 Å². The van der Waals surface area contributed by atoms with E-state index in [1.165, 1.54) is 6.07 Å². The second-order valence-corrected chi connectivity index (χ2v) is 4.06. The molecule has 1 aromatic carbocycles. The zero-order valence-corrected chi connectivity index (χ0v) is 11.2. The van der Waals surface area contributed by atoms with Crippen molar-refractivity contribution in [3.8, 4) is 5.75 Å². The summed E-state index contributed by atoms with van der Waals surface area (Å²) in [4.78, 5) is 24.0. The number of carbonyl (C=O) groups excluding carboxylic acids is 2. The first kappa shape index (κ1) is 14.5. The van der Waals surface area contributed by atoms with E-state index in [4.69, 9.17) is 16.3 Å². The lowest BCUT2D eigenvalue weighted by atomic mass is 10.2. The first-order valence-corrected chi connectivity index (χ1v) is 6.15. The smallest absolute Gasteiger partial charge is 0.260 e. The second-order valence-electron chi connectivity index (χ2n) is 3.66. The quantitative estimate of drug-likeness (QED) is 0.745. The van der Waals surface area contributed by atoms with Gasteiger partial charge in [-0.1, -0.05) is 11.6 Å². The maximum Gasteiger partial charge on any atom is 0.260 e. The Hall–Kier alpha value is -1.55. The molecule has 0 N–H and O–H groups in total. The highest BCUT2D eigenvalue weighted by molar-refractivity contribution is 6.33. The fraction of sp³-hybridized carbons (Fsp3) is 0.385. The molecule has 98 valence electrons. The predicted octanol–water partition coefficient (Wildman–Crippen LogP) is 2.40. The van der Waals surface area contributed by atoms with Crippen LogP contribution in [0.15, 0.2) is 18.2 Å². The highest BCUT2D eigenvalue weighted by atomic mass is 35.5. The number of benzene rings is 1. The highest BCUT2D eigenvalue weighted by Crippen LogP contribution is 2.21. The first-order valence-electron chi connectivity index (χ1n) is 5.77. The van der Waals surface area contributed by atoms with Crippen LogP contribution < -0.4 is 4.74 Å². The Balaban J connectivity index is 2.61. The lowest BCUT2D eigenvalue weighted by Gasteiger charge is -2.18. The van der Waals surface area contributed by atoms with Crippen LogP contribution in [0.3, 0.4) is 0 Å². The van der Waals surface area contributed by atoms with Crippen molar-refractivity contribution in [2.75, 3.05) is 19.7 Å². The van der Waals surface area contributed by atoms with Crippen molar-refractivity contribution in [2.24, 2.45) is 0 Å². The number of likely N-dealkylation sites (N-methyl/N-ethyl adjacent to an activating group) is 1. The molecule has 18 heavy (non-hydrogen) atoms. The summed E-state index contributed by atoms with van der Waals surface area (Å²) in [5, 5.41) is 0.317. The maximum atomic E-state index is 11.7. The molecule has 5 heteroatoms. The third-order valence-electron chi connectivity index (χ3n) is 2.58. The largest absolute Gasteiger partial charge is 0.484 e. The average molecular weight is 270 g/mol. The van der Waals surface area contributed by atoms with Crippen LogP contribution in [0.2, 0.25) is 5.02 Å². The van der Waals surface area contributed by atoms with Crippen molar-refractivity contribution in [1.82, 2.24) is 4.90 Å². The molecule has 0 aromatic heterocycles. The van der Waals surface area contributed by atoms with Gasteiger partial charge in [0.2, 0.25) is 0 Å². The fourth-order valence-electron chi connectivity index (χ4n) is 1.51. The van der Waals surface area contributed by atoms with Crippen LogP contribution in [-0.4, -0.2) is 36.8 Å². The molecule has 0 aliphatic rings. The van der Waals surface area contributed by atoms with Crippen LogP contribution in [-0.2, 0) is 4.79 Å². The third-order valence-corrected chi connectivity index (χ3v) is 2.90. The molecule has 0 aliphatic heterocycles. The molecule has 1 amide bonds. The number of hydrogen-bond acceptors (Lipinski definition) is 3. The van der Waals surface area contributed by atoms with Crippen molar-refractivity contribution >= 4 is 23.8 Å². The first-order chi connectivity index (χ1) is 8.62. The van der Waals surface area contributed by atoms with Gasteiger partial charge in [0.25, 0.3) is 5.91 Å². The Bertz CT molecular complexity index is 430. The summed E-state index contributed by atoms with van der Waals surface area (Å²) in [6, 6.07) is 4.71. The minimum absolute atomic E-state index is 0.0293. The van der Waals surface area contributed by atoms with Gasteiger partial charge in [-0.05, 0) is 32.0 Å². The van der Waals surface area contributed by atoms with E-state index in [2.05, 4.69) is 0 Å². The third kappa shape index (κ3) is 3.74. The SMILES string of the molecule is CCN(CC)C(=O)COc1ccc(C=O)c(Cl)c1. The van der Waals surface area contributed by atoms with Gasteiger partial charge in [0, 0.05) is 18.7 Å². The molecular formula is C13H16ClNO3. The summed E-state index contributed by atoms with van der Waals surface area (Å²) >= 11 is 5.86. The Morgan fingerprint density at radius 1 is 1.39 bits per heavy atom. The van der Waals surface area contributed by atoms with Crippen molar-refractivity contribution in [3.05, 3.63) is 28.8 Å². The monoisotopic (exact) mass is 269 g/mol. The zero-order chi connectivity index (χ0) is 13.5. The molecule has 0 saturated heterocycles. The maximum absolute atomic E-state index is 11.7. The van der Waals surface area contributed by atoms with Gasteiger partial charge in [-0.2, -0.15) is 0 Å². The van der Waals surface area contributed by atoms with Gasteiger partial charge in [-0.15, -0.1) is 0 Å². The molecule has 4 nitrogen and oxygen atoms in total. The van der Waals surface area contributed by atoms with Crippen LogP contribution >= 0.6 is 11.6 Å². The molecule has 0 atom stereocenters. The number of nitrogens with zero attached hydrogens (tertiary/aromatic N) is 1. The number of rotatable bonds is 6. The summed E-state index contributed by atoms with van der Waals surface area (Å²) in [5.74, 6) is 0.404. The number of ether oxygens (including phenoxy) is 1. The minimum Gasteiger partial charge on any atom is -0.484 e. The van der Waals surface area contributed by atoms with E-state index in [1.54, 1.807) is 17.0 Å². The van der Waals surface area contributed by atoms with Crippen LogP contribution in [0.5, 0.6) is 5.75 Å². The number of halogens is 1. The fourth-order valence-corrected chi connectivity index (χ4v) is 1.72. The van der Waals surface area contributed by atoms with E-state index < -0.39 is 0 Å². The molecule has 0 saturated carbocycles. The van der Waals surface area contributed by atoms with Gasteiger partial charge in [-0.3, -0.25) is 9.59 Å². The number of hydrogen-bond donors (Lipinski definition) is 0. The number of aldehydes is 1. The van der Waals surface area contributed by atoms with E-state index in [1.807, 2.05) is 13.8 Å². The van der Waals surface area contributed by atoms with Gasteiger partial charge < -0.3 is 9.64 Å². The summed E-state index contributed by atoms with van der Waals surface area (Å²) in [6.45, 7) is 5.11. The summed E-state index contributed by atoms with van der Waals surface area (Å²) in [5.41, 5.74) is 0.402. The van der Waals surface area contributed by atoms with E-state index >= 15 is 0 Å². The van der Waals surface area contributed by atoms with Crippen LogP contribution in [0.4, 0.5) is 0 Å². The van der Waals surface area contributed by atoms with Gasteiger partial charge in [0.05, 0.1) is 5.02 Å². The van der Waals surface area contributed by atoms with Gasteiger partial charge >= 0.3 is 0 Å². The van der Waals surface area contributed by atoms with Crippen molar-refractivity contribution < 1.29 is 14.3 Å². The molecule has 0 spiro atoms. The Morgan fingerprint density at radius 2 is 2.06 bits per heavy atom. The Kier molecular flexibility index (Phi) is 5.65. The van der Waals surface area contributed by atoms with Gasteiger partial charge in [0.15, 0.2) is 12.9 Å². The molecular weight excluding hydrogens is 254 g/mol. The van der Waals surface area contributed by atoms with Gasteiger partial charge in [-0.25, -0.2) is 0 Å². The second kappa shape index (κ2) is 7.01. The van der Waals surface area contributed by atoms with E-state index in [0.29, 0.717) is 35.7 Å². The molecule has 1 aromatic rings. The van der Waals surface area contributed by atoms with Crippen LogP contribution in [0, 0.1) is 0 Å². The molecule has 0 bridgehead atoms. The van der Waals surface area contributed by atoms with Crippen molar-refractivity contribution in [2.45, 2.75) is 13.8 Å². The minimum atomic E-state index is -0.0735. The molecule has 0 unspecified atom stereocenters. The van der Waals surface area contributed by atoms with Crippen molar-refractivity contribution in [3.63, 3.8) is 0 Å². The number of amides is 1. The zero-order valence-electron chi connectivity index (χ0n) is 10.5. The van der Waals surface area contributed by atoms with Crippen molar-refractivity contribution in [1.29, 1.82) is 0 Å². The summed E-state index contributed by atoms with van der Waals surface area (Å²) in [6.07, 6.45) is 0.674. The molecule has 1 rings (SSSR count). The molecule has 0 heterocycles. The topological polar surface area (TPSA) is 46.6 Å². The van der Waals surface area contributed by atoms with Crippen LogP contribution in [0.1, 0.15) is 24.2 Å². The highest BCUT2D eigenvalue weighted by Gasteiger charge is 2.10. The molecule has 0 radical (unpaired) electrons. The normalized spacial score (nSPS) is 9.94. The Morgan fingerprint density at radius 3 is 2.56 bits per heavy atom. The van der Waals surface area contributed by atoms with E-state index in [0.717, 1.165) is 0 Å². The molecule has 0 aliphatic carbocycles. The molecule has 0 fully saturated rings. The van der Waals surface area contributed by atoms with E-state index in [-0.39, 0.29) is 12.5 Å². The Labute approximate surface area is 111 Å².